The first kappa shape index (κ1) is 31.4. The number of hydrogen-bond acceptors (Lipinski definition) is 4. The Morgan fingerprint density at radius 2 is 1.35 bits per heavy atom. The molecule has 9 heteroatoms. The Hall–Kier alpha value is -4.50. The van der Waals surface area contributed by atoms with Crippen LogP contribution in [-0.2, 0) is 32.6 Å². The zero-order valence-corrected chi connectivity index (χ0v) is 24.9. The van der Waals surface area contributed by atoms with E-state index < -0.39 is 34.3 Å². The third kappa shape index (κ3) is 8.51. The van der Waals surface area contributed by atoms with Gasteiger partial charge in [-0.05, 0) is 53.9 Å². The average Bonchev–Trinajstić information content (AvgIpc) is 3.03. The molecular formula is C34H36FN3O4S. The standard InChI is InChI=1S/C34H36FN3O4S/c1-2-3-23-36-34(40)32(24-27-13-7-4-8-14-27)37(25-28-15-9-5-10-16-28)33(39)26-38(30-17-11-6-12-18-30)43(41,42)31-21-19-29(35)20-22-31/h4-22,32H,2-3,23-26H2,1H3,(H,36,40)/t32-/m1/s1. The van der Waals surface area contributed by atoms with Crippen LogP contribution in [0.3, 0.4) is 0 Å². The Morgan fingerprint density at radius 1 is 0.791 bits per heavy atom. The van der Waals surface area contributed by atoms with Gasteiger partial charge in [0.25, 0.3) is 10.0 Å². The van der Waals surface area contributed by atoms with Gasteiger partial charge in [0.05, 0.1) is 10.6 Å². The maximum absolute atomic E-state index is 14.3. The van der Waals surface area contributed by atoms with E-state index in [4.69, 9.17) is 0 Å². The number of carbonyl (C=O) groups is 2. The van der Waals surface area contributed by atoms with Gasteiger partial charge in [-0.15, -0.1) is 0 Å². The van der Waals surface area contributed by atoms with Gasteiger partial charge in [-0.3, -0.25) is 13.9 Å². The molecule has 0 saturated heterocycles. The molecule has 0 saturated carbocycles. The quantitative estimate of drug-likeness (QED) is 0.191. The van der Waals surface area contributed by atoms with Gasteiger partial charge < -0.3 is 10.2 Å². The summed E-state index contributed by atoms with van der Waals surface area (Å²) in [7, 11) is -4.28. The minimum atomic E-state index is -4.28. The number of rotatable bonds is 14. The molecule has 0 aromatic heterocycles. The van der Waals surface area contributed by atoms with Gasteiger partial charge in [0.2, 0.25) is 11.8 Å². The molecule has 0 aliphatic rings. The fourth-order valence-electron chi connectivity index (χ4n) is 4.70. The van der Waals surface area contributed by atoms with Crippen LogP contribution in [0, 0.1) is 5.82 Å². The minimum absolute atomic E-state index is 0.0948. The Kier molecular flexibility index (Phi) is 11.0. The van der Waals surface area contributed by atoms with Crippen molar-refractivity contribution in [2.24, 2.45) is 0 Å². The Balaban J connectivity index is 1.75. The Bertz CT molecular complexity index is 1570. The third-order valence-corrected chi connectivity index (χ3v) is 8.81. The van der Waals surface area contributed by atoms with Crippen molar-refractivity contribution in [3.05, 3.63) is 132 Å². The van der Waals surface area contributed by atoms with Crippen LogP contribution in [0.1, 0.15) is 30.9 Å². The molecule has 224 valence electrons. The molecule has 1 N–H and O–H groups in total. The molecule has 4 rings (SSSR count). The molecule has 0 aliphatic heterocycles. The summed E-state index contributed by atoms with van der Waals surface area (Å²) in [6.45, 7) is 2.02. The van der Waals surface area contributed by atoms with Crippen molar-refractivity contribution < 1.29 is 22.4 Å². The molecule has 7 nitrogen and oxygen atoms in total. The van der Waals surface area contributed by atoms with Crippen molar-refractivity contribution in [1.29, 1.82) is 0 Å². The van der Waals surface area contributed by atoms with Crippen LogP contribution in [-0.4, -0.2) is 44.3 Å². The van der Waals surface area contributed by atoms with Gasteiger partial charge >= 0.3 is 0 Å². The van der Waals surface area contributed by atoms with E-state index in [2.05, 4.69) is 5.32 Å². The van der Waals surface area contributed by atoms with Crippen molar-refractivity contribution in [2.75, 3.05) is 17.4 Å². The number of nitrogens with zero attached hydrogens (tertiary/aromatic N) is 2. The van der Waals surface area contributed by atoms with Crippen LogP contribution in [0.2, 0.25) is 0 Å². The summed E-state index contributed by atoms with van der Waals surface area (Å²) in [5.74, 6) is -1.44. The first-order chi connectivity index (χ1) is 20.8. The summed E-state index contributed by atoms with van der Waals surface area (Å²) in [6, 6.07) is 30.5. The molecule has 4 aromatic rings. The van der Waals surface area contributed by atoms with Crippen LogP contribution >= 0.6 is 0 Å². The molecule has 0 bridgehead atoms. The lowest BCUT2D eigenvalue weighted by Gasteiger charge is -2.34. The number of sulfonamides is 1. The number of hydrogen-bond donors (Lipinski definition) is 1. The van der Waals surface area contributed by atoms with Crippen molar-refractivity contribution in [1.82, 2.24) is 10.2 Å². The monoisotopic (exact) mass is 601 g/mol. The fraction of sp³-hybridized carbons (Fsp3) is 0.235. The van der Waals surface area contributed by atoms with E-state index in [0.29, 0.717) is 6.54 Å². The summed E-state index contributed by atoms with van der Waals surface area (Å²) in [6.07, 6.45) is 1.92. The molecule has 0 unspecified atom stereocenters. The second kappa shape index (κ2) is 15.1. The highest BCUT2D eigenvalue weighted by Gasteiger charge is 2.34. The van der Waals surface area contributed by atoms with Gasteiger partial charge in [-0.1, -0.05) is 92.2 Å². The van der Waals surface area contributed by atoms with Gasteiger partial charge in [-0.25, -0.2) is 12.8 Å². The molecule has 2 amide bonds. The van der Waals surface area contributed by atoms with Gasteiger partial charge in [-0.2, -0.15) is 0 Å². The minimum Gasteiger partial charge on any atom is -0.354 e. The lowest BCUT2D eigenvalue weighted by molar-refractivity contribution is -0.140. The number of nitrogens with one attached hydrogen (secondary N) is 1. The van der Waals surface area contributed by atoms with Gasteiger partial charge in [0.1, 0.15) is 18.4 Å². The van der Waals surface area contributed by atoms with Crippen molar-refractivity contribution >= 4 is 27.5 Å². The summed E-state index contributed by atoms with van der Waals surface area (Å²) in [4.78, 5) is 29.3. The second-order valence-electron chi connectivity index (χ2n) is 10.2. The summed E-state index contributed by atoms with van der Waals surface area (Å²) in [5.41, 5.74) is 1.93. The predicted octanol–water partition coefficient (Wildman–Crippen LogP) is 5.58. The second-order valence-corrected chi connectivity index (χ2v) is 12.0. The highest BCUT2D eigenvalue weighted by molar-refractivity contribution is 7.92. The molecular weight excluding hydrogens is 565 g/mol. The zero-order valence-electron chi connectivity index (χ0n) is 24.1. The molecule has 43 heavy (non-hydrogen) atoms. The van der Waals surface area contributed by atoms with Gasteiger partial charge in [0, 0.05) is 19.5 Å². The van der Waals surface area contributed by atoms with Crippen LogP contribution in [0.5, 0.6) is 0 Å². The lowest BCUT2D eigenvalue weighted by Crippen LogP contribution is -2.53. The van der Waals surface area contributed by atoms with Crippen molar-refractivity contribution in [2.45, 2.75) is 43.7 Å². The molecule has 0 aliphatic carbocycles. The van der Waals surface area contributed by atoms with E-state index in [0.717, 1.165) is 40.4 Å². The number of halogens is 1. The number of amides is 2. The average molecular weight is 602 g/mol. The topological polar surface area (TPSA) is 86.8 Å². The zero-order chi connectivity index (χ0) is 30.7. The lowest BCUT2D eigenvalue weighted by atomic mass is 10.0. The Morgan fingerprint density at radius 3 is 1.93 bits per heavy atom. The highest BCUT2D eigenvalue weighted by atomic mass is 32.2. The number of anilines is 1. The Labute approximate surface area is 253 Å². The molecule has 0 heterocycles. The van der Waals surface area contributed by atoms with E-state index in [-0.39, 0.29) is 29.5 Å². The smallest absolute Gasteiger partial charge is 0.264 e. The SMILES string of the molecule is CCCCNC(=O)[C@@H](Cc1ccccc1)N(Cc1ccccc1)C(=O)CN(c1ccccc1)S(=O)(=O)c1ccc(F)cc1. The van der Waals surface area contributed by atoms with Crippen LogP contribution < -0.4 is 9.62 Å². The van der Waals surface area contributed by atoms with E-state index in [1.807, 2.05) is 67.6 Å². The highest BCUT2D eigenvalue weighted by Crippen LogP contribution is 2.25. The van der Waals surface area contributed by atoms with E-state index >= 15 is 0 Å². The number of para-hydroxylation sites is 1. The van der Waals surface area contributed by atoms with Crippen LogP contribution in [0.4, 0.5) is 10.1 Å². The fourth-order valence-corrected chi connectivity index (χ4v) is 6.11. The van der Waals surface area contributed by atoms with Gasteiger partial charge in [0.15, 0.2) is 0 Å². The molecule has 0 spiro atoms. The molecule has 0 fully saturated rings. The number of unbranched alkanes of at least 4 members (excludes halogenated alkanes) is 1. The molecule has 4 aromatic carbocycles. The van der Waals surface area contributed by atoms with Crippen LogP contribution in [0.25, 0.3) is 0 Å². The third-order valence-electron chi connectivity index (χ3n) is 7.02. The predicted molar refractivity (Wildman–Crippen MR) is 166 cm³/mol. The first-order valence-electron chi connectivity index (χ1n) is 14.3. The molecule has 0 radical (unpaired) electrons. The normalized spacial score (nSPS) is 11.9. The van der Waals surface area contributed by atoms with E-state index in [1.165, 1.54) is 17.0 Å². The largest absolute Gasteiger partial charge is 0.354 e. The summed E-state index contributed by atoms with van der Waals surface area (Å²) < 4.78 is 42.4. The first-order valence-corrected chi connectivity index (χ1v) is 15.7. The maximum Gasteiger partial charge on any atom is 0.264 e. The number of carbonyl (C=O) groups excluding carboxylic acids is 2. The molecule has 1 atom stereocenters. The van der Waals surface area contributed by atoms with E-state index in [1.54, 1.807) is 30.3 Å². The van der Waals surface area contributed by atoms with Crippen LogP contribution in [0.15, 0.2) is 120 Å². The summed E-state index contributed by atoms with van der Waals surface area (Å²) in [5, 5.41) is 2.97. The van der Waals surface area contributed by atoms with E-state index in [9.17, 15) is 22.4 Å². The van der Waals surface area contributed by atoms with Crippen molar-refractivity contribution in [3.8, 4) is 0 Å². The summed E-state index contributed by atoms with van der Waals surface area (Å²) >= 11 is 0. The van der Waals surface area contributed by atoms with Crippen molar-refractivity contribution in [3.63, 3.8) is 0 Å². The number of benzene rings is 4. The maximum atomic E-state index is 14.3.